The molecule has 0 radical (unpaired) electrons. The highest BCUT2D eigenvalue weighted by Gasteiger charge is 2.32. The lowest BCUT2D eigenvalue weighted by Crippen LogP contribution is -2.41. The van der Waals surface area contributed by atoms with Gasteiger partial charge in [-0.3, -0.25) is 4.79 Å². The lowest BCUT2D eigenvalue weighted by Gasteiger charge is -2.29. The molecular weight excluding hydrogens is 292 g/mol. The molecule has 0 aliphatic heterocycles. The highest BCUT2D eigenvalue weighted by atomic mass is 16.6. The zero-order valence-corrected chi connectivity index (χ0v) is 15.0. The molecule has 2 fully saturated rings. The van der Waals surface area contributed by atoms with Crippen molar-refractivity contribution >= 4 is 12.0 Å². The molecule has 2 amide bonds. The summed E-state index contributed by atoms with van der Waals surface area (Å²) in [6.07, 6.45) is 5.98. The first-order chi connectivity index (χ1) is 10.7. The molecule has 0 aromatic rings. The van der Waals surface area contributed by atoms with Crippen molar-refractivity contribution in [2.75, 3.05) is 6.54 Å². The van der Waals surface area contributed by atoms with E-state index in [1.807, 2.05) is 20.8 Å². The summed E-state index contributed by atoms with van der Waals surface area (Å²) in [5, 5.41) is 6.02. The second kappa shape index (κ2) is 7.54. The Balaban J connectivity index is 1.63. The smallest absolute Gasteiger partial charge is 0.407 e. The standard InChI is InChI=1S/C18H32N2O3/c1-12(14-9-10-14)20-16(21)15-7-5-13(6-8-15)11-19-17(22)23-18(2,3)4/h12-15H,5-11H2,1-4H3,(H,19,22)(H,20,21). The molecule has 1 atom stereocenters. The first-order valence-corrected chi connectivity index (χ1v) is 9.02. The molecule has 23 heavy (non-hydrogen) atoms. The summed E-state index contributed by atoms with van der Waals surface area (Å²) < 4.78 is 5.25. The maximum Gasteiger partial charge on any atom is 0.407 e. The van der Waals surface area contributed by atoms with E-state index in [1.165, 1.54) is 12.8 Å². The maximum absolute atomic E-state index is 12.3. The average molecular weight is 324 g/mol. The minimum Gasteiger partial charge on any atom is -0.444 e. The first-order valence-electron chi connectivity index (χ1n) is 9.02. The third-order valence-corrected chi connectivity index (χ3v) is 4.85. The summed E-state index contributed by atoms with van der Waals surface area (Å²) in [4.78, 5) is 23.9. The predicted octanol–water partition coefficient (Wildman–Crippen LogP) is 3.23. The normalized spacial score (nSPS) is 26.3. The van der Waals surface area contributed by atoms with Crippen molar-refractivity contribution in [1.29, 1.82) is 0 Å². The van der Waals surface area contributed by atoms with Crippen LogP contribution in [0.4, 0.5) is 4.79 Å². The molecule has 0 saturated heterocycles. The Morgan fingerprint density at radius 2 is 1.70 bits per heavy atom. The van der Waals surface area contributed by atoms with Gasteiger partial charge in [0.05, 0.1) is 0 Å². The van der Waals surface area contributed by atoms with Crippen LogP contribution in [0.25, 0.3) is 0 Å². The van der Waals surface area contributed by atoms with Crippen molar-refractivity contribution in [2.45, 2.75) is 77.9 Å². The van der Waals surface area contributed by atoms with E-state index in [-0.39, 0.29) is 17.9 Å². The molecule has 2 rings (SSSR count). The zero-order valence-electron chi connectivity index (χ0n) is 15.0. The molecular formula is C18H32N2O3. The predicted molar refractivity (Wildman–Crippen MR) is 90.0 cm³/mol. The maximum atomic E-state index is 12.3. The fraction of sp³-hybridized carbons (Fsp3) is 0.889. The van der Waals surface area contributed by atoms with E-state index in [2.05, 4.69) is 17.6 Å². The molecule has 1 unspecified atom stereocenters. The zero-order chi connectivity index (χ0) is 17.0. The Morgan fingerprint density at radius 1 is 1.09 bits per heavy atom. The van der Waals surface area contributed by atoms with Gasteiger partial charge in [0.2, 0.25) is 5.91 Å². The lowest BCUT2D eigenvalue weighted by atomic mass is 9.81. The Labute approximate surface area is 139 Å². The minimum atomic E-state index is -0.460. The summed E-state index contributed by atoms with van der Waals surface area (Å²) in [5.41, 5.74) is -0.460. The Hall–Kier alpha value is -1.26. The topological polar surface area (TPSA) is 67.4 Å². The molecule has 2 aliphatic carbocycles. The second-order valence-corrected chi connectivity index (χ2v) is 8.24. The van der Waals surface area contributed by atoms with E-state index in [4.69, 9.17) is 4.74 Å². The van der Waals surface area contributed by atoms with Gasteiger partial charge in [-0.25, -0.2) is 4.79 Å². The molecule has 2 aliphatic rings. The number of carbonyl (C=O) groups excluding carboxylic acids is 2. The molecule has 5 nitrogen and oxygen atoms in total. The summed E-state index contributed by atoms with van der Waals surface area (Å²) >= 11 is 0. The van der Waals surface area contributed by atoms with Crippen molar-refractivity contribution in [3.05, 3.63) is 0 Å². The summed E-state index contributed by atoms with van der Waals surface area (Å²) in [6.45, 7) is 8.34. The second-order valence-electron chi connectivity index (χ2n) is 8.24. The van der Waals surface area contributed by atoms with Crippen molar-refractivity contribution in [3.63, 3.8) is 0 Å². The van der Waals surface area contributed by atoms with Crippen molar-refractivity contribution < 1.29 is 14.3 Å². The fourth-order valence-electron chi connectivity index (χ4n) is 3.23. The Morgan fingerprint density at radius 3 is 2.22 bits per heavy atom. The van der Waals surface area contributed by atoms with Gasteiger partial charge < -0.3 is 15.4 Å². The van der Waals surface area contributed by atoms with Crippen LogP contribution >= 0.6 is 0 Å². The molecule has 0 spiro atoms. The molecule has 0 aromatic carbocycles. The van der Waals surface area contributed by atoms with E-state index >= 15 is 0 Å². The SMILES string of the molecule is CC(NC(=O)C1CCC(CNC(=O)OC(C)(C)C)CC1)C1CC1. The van der Waals surface area contributed by atoms with Crippen LogP contribution in [0.1, 0.15) is 66.2 Å². The van der Waals surface area contributed by atoms with E-state index in [0.29, 0.717) is 24.4 Å². The van der Waals surface area contributed by atoms with Gasteiger partial charge in [-0.2, -0.15) is 0 Å². The van der Waals surface area contributed by atoms with Crippen LogP contribution in [0.3, 0.4) is 0 Å². The van der Waals surface area contributed by atoms with Gasteiger partial charge in [0.15, 0.2) is 0 Å². The number of hydrogen-bond acceptors (Lipinski definition) is 3. The monoisotopic (exact) mass is 324 g/mol. The van der Waals surface area contributed by atoms with Gasteiger partial charge >= 0.3 is 6.09 Å². The van der Waals surface area contributed by atoms with Gasteiger partial charge in [0, 0.05) is 18.5 Å². The molecule has 2 N–H and O–H groups in total. The van der Waals surface area contributed by atoms with Crippen molar-refractivity contribution in [2.24, 2.45) is 17.8 Å². The van der Waals surface area contributed by atoms with Gasteiger partial charge in [-0.15, -0.1) is 0 Å². The van der Waals surface area contributed by atoms with Gasteiger partial charge in [-0.05, 0) is 78.1 Å². The van der Waals surface area contributed by atoms with Gasteiger partial charge in [0.25, 0.3) is 0 Å². The minimum absolute atomic E-state index is 0.147. The number of ether oxygens (including phenoxy) is 1. The van der Waals surface area contributed by atoms with Crippen molar-refractivity contribution in [1.82, 2.24) is 10.6 Å². The highest BCUT2D eigenvalue weighted by molar-refractivity contribution is 5.79. The van der Waals surface area contributed by atoms with Crippen molar-refractivity contribution in [3.8, 4) is 0 Å². The van der Waals surface area contributed by atoms with Gasteiger partial charge in [-0.1, -0.05) is 0 Å². The highest BCUT2D eigenvalue weighted by Crippen LogP contribution is 2.33. The number of nitrogens with one attached hydrogen (secondary N) is 2. The summed E-state index contributed by atoms with van der Waals surface area (Å²) in [5.74, 6) is 1.53. The van der Waals surface area contributed by atoms with Crippen LogP contribution in [0, 0.1) is 17.8 Å². The average Bonchev–Trinajstić information content (AvgIpc) is 3.28. The largest absolute Gasteiger partial charge is 0.444 e. The van der Waals surface area contributed by atoms with Crippen LogP contribution in [-0.4, -0.2) is 30.2 Å². The molecule has 2 saturated carbocycles. The summed E-state index contributed by atoms with van der Waals surface area (Å²) in [6, 6.07) is 0.328. The quantitative estimate of drug-likeness (QED) is 0.816. The van der Waals surface area contributed by atoms with Crippen LogP contribution in [-0.2, 0) is 9.53 Å². The van der Waals surface area contributed by atoms with E-state index in [9.17, 15) is 9.59 Å². The third kappa shape index (κ3) is 6.40. The van der Waals surface area contributed by atoms with E-state index in [1.54, 1.807) is 0 Å². The van der Waals surface area contributed by atoms with Crippen LogP contribution in [0.2, 0.25) is 0 Å². The number of rotatable bonds is 5. The van der Waals surface area contributed by atoms with Crippen LogP contribution < -0.4 is 10.6 Å². The van der Waals surface area contributed by atoms with E-state index < -0.39 is 5.60 Å². The number of hydrogen-bond donors (Lipinski definition) is 2. The van der Waals surface area contributed by atoms with E-state index in [0.717, 1.165) is 25.7 Å². The number of carbonyl (C=O) groups is 2. The molecule has 5 heteroatoms. The lowest BCUT2D eigenvalue weighted by molar-refractivity contribution is -0.127. The number of alkyl carbamates (subject to hydrolysis) is 1. The first kappa shape index (κ1) is 18.1. The molecule has 0 bridgehead atoms. The molecule has 132 valence electrons. The van der Waals surface area contributed by atoms with Gasteiger partial charge in [0.1, 0.15) is 5.60 Å². The van der Waals surface area contributed by atoms with Crippen LogP contribution in [0.5, 0.6) is 0 Å². The third-order valence-electron chi connectivity index (χ3n) is 4.85. The summed E-state index contributed by atoms with van der Waals surface area (Å²) in [7, 11) is 0. The Kier molecular flexibility index (Phi) is 5.93. The fourth-order valence-corrected chi connectivity index (χ4v) is 3.23. The Bertz CT molecular complexity index is 418. The molecule has 0 heterocycles. The van der Waals surface area contributed by atoms with Crippen LogP contribution in [0.15, 0.2) is 0 Å². The number of amides is 2. The molecule has 0 aromatic heterocycles.